The number of hydrogen-bond acceptors (Lipinski definition) is 5. The van der Waals surface area contributed by atoms with E-state index in [9.17, 15) is 13.2 Å². The number of anilines is 1. The lowest BCUT2D eigenvalue weighted by Crippen LogP contribution is -2.14. The Bertz CT molecular complexity index is 385. The molecule has 1 aromatic heterocycles. The highest BCUT2D eigenvalue weighted by molar-refractivity contribution is 5.54. The predicted octanol–water partition coefficient (Wildman–Crippen LogP) is 2.25. The molecule has 1 rings (SSSR count). The highest BCUT2D eigenvalue weighted by Crippen LogP contribution is 2.31. The van der Waals surface area contributed by atoms with Crippen LogP contribution in [0.2, 0.25) is 0 Å². The molecule has 0 aromatic carbocycles. The Balaban J connectivity index is 2.72. The molecule has 18 heavy (non-hydrogen) atoms. The van der Waals surface area contributed by atoms with Gasteiger partial charge in [-0.3, -0.25) is 0 Å². The Morgan fingerprint density at radius 2 is 2.06 bits per heavy atom. The van der Waals surface area contributed by atoms with Crippen LogP contribution in [0.25, 0.3) is 0 Å². The average Bonchev–Trinajstić information content (AvgIpc) is 2.28. The van der Waals surface area contributed by atoms with Gasteiger partial charge in [0.05, 0.1) is 20.1 Å². The van der Waals surface area contributed by atoms with E-state index < -0.39 is 19.2 Å². The quantitative estimate of drug-likeness (QED) is 0.855. The zero-order valence-corrected chi connectivity index (χ0v) is 10.0. The smallest absolute Gasteiger partial charge is 0.392 e. The van der Waals surface area contributed by atoms with Crippen molar-refractivity contribution in [1.29, 1.82) is 0 Å². The SMILES string of the molecule is CCNc1ncnc(OCCC(F)(F)F)c1OC. The minimum atomic E-state index is -4.26. The molecule has 0 spiro atoms. The van der Waals surface area contributed by atoms with Gasteiger partial charge in [0.25, 0.3) is 5.88 Å². The molecule has 0 bridgehead atoms. The number of hydrogen-bond donors (Lipinski definition) is 1. The predicted molar refractivity (Wildman–Crippen MR) is 58.9 cm³/mol. The van der Waals surface area contributed by atoms with Crippen molar-refractivity contribution in [3.63, 3.8) is 0 Å². The third-order valence-corrected chi connectivity index (χ3v) is 1.94. The second-order valence-corrected chi connectivity index (χ2v) is 3.30. The van der Waals surface area contributed by atoms with Crippen LogP contribution in [-0.2, 0) is 0 Å². The maximum atomic E-state index is 12.0. The van der Waals surface area contributed by atoms with Crippen LogP contribution in [0.4, 0.5) is 19.0 Å². The van der Waals surface area contributed by atoms with Gasteiger partial charge < -0.3 is 14.8 Å². The first-order valence-corrected chi connectivity index (χ1v) is 5.30. The molecule has 0 atom stereocenters. The molecule has 1 N–H and O–H groups in total. The summed E-state index contributed by atoms with van der Waals surface area (Å²) in [5.74, 6) is 0.575. The van der Waals surface area contributed by atoms with E-state index in [2.05, 4.69) is 15.3 Å². The molecule has 8 heteroatoms. The van der Waals surface area contributed by atoms with Gasteiger partial charge in [-0.25, -0.2) is 4.98 Å². The van der Waals surface area contributed by atoms with Crippen LogP contribution < -0.4 is 14.8 Å². The topological polar surface area (TPSA) is 56.3 Å². The molecule has 0 aliphatic carbocycles. The van der Waals surface area contributed by atoms with E-state index in [1.54, 1.807) is 0 Å². The summed E-state index contributed by atoms with van der Waals surface area (Å²) in [6.07, 6.45) is -4.11. The Morgan fingerprint density at radius 1 is 1.33 bits per heavy atom. The number of nitrogens with one attached hydrogen (secondary N) is 1. The fraction of sp³-hybridized carbons (Fsp3) is 0.600. The first-order valence-electron chi connectivity index (χ1n) is 5.30. The number of ether oxygens (including phenoxy) is 2. The van der Waals surface area contributed by atoms with Crippen molar-refractivity contribution in [1.82, 2.24) is 9.97 Å². The molecule has 0 radical (unpaired) electrons. The van der Waals surface area contributed by atoms with Crippen LogP contribution >= 0.6 is 0 Å². The van der Waals surface area contributed by atoms with E-state index >= 15 is 0 Å². The van der Waals surface area contributed by atoms with Gasteiger partial charge in [-0.15, -0.1) is 0 Å². The summed E-state index contributed by atoms with van der Waals surface area (Å²) in [7, 11) is 1.37. The van der Waals surface area contributed by atoms with Crippen LogP contribution in [-0.4, -0.2) is 36.4 Å². The van der Waals surface area contributed by atoms with E-state index in [1.165, 1.54) is 13.4 Å². The summed E-state index contributed by atoms with van der Waals surface area (Å²) < 4.78 is 45.9. The third-order valence-electron chi connectivity index (χ3n) is 1.94. The van der Waals surface area contributed by atoms with E-state index in [-0.39, 0.29) is 11.6 Å². The molecule has 0 saturated carbocycles. The minimum Gasteiger partial charge on any atom is -0.489 e. The number of halogens is 3. The Kier molecular flexibility index (Phi) is 4.99. The van der Waals surface area contributed by atoms with Gasteiger partial charge in [0.2, 0.25) is 5.75 Å². The van der Waals surface area contributed by atoms with Gasteiger partial charge in [-0.05, 0) is 6.92 Å². The lowest BCUT2D eigenvalue weighted by atomic mass is 10.4. The summed E-state index contributed by atoms with van der Waals surface area (Å²) >= 11 is 0. The van der Waals surface area contributed by atoms with Gasteiger partial charge in [-0.2, -0.15) is 18.2 Å². The summed E-state index contributed by atoms with van der Waals surface area (Å²) in [5, 5.41) is 2.90. The summed E-state index contributed by atoms with van der Waals surface area (Å²) in [4.78, 5) is 7.65. The third kappa shape index (κ3) is 4.27. The first-order chi connectivity index (χ1) is 8.48. The second kappa shape index (κ2) is 6.27. The summed E-state index contributed by atoms with van der Waals surface area (Å²) in [6, 6.07) is 0. The van der Waals surface area contributed by atoms with Gasteiger partial charge >= 0.3 is 6.18 Å². The largest absolute Gasteiger partial charge is 0.489 e. The van der Waals surface area contributed by atoms with Gasteiger partial charge in [0.1, 0.15) is 6.33 Å². The van der Waals surface area contributed by atoms with Crippen molar-refractivity contribution in [2.24, 2.45) is 0 Å². The van der Waals surface area contributed by atoms with Crippen LogP contribution in [0.1, 0.15) is 13.3 Å². The van der Waals surface area contributed by atoms with Crippen LogP contribution in [0, 0.1) is 0 Å². The van der Waals surface area contributed by atoms with Crippen molar-refractivity contribution in [3.8, 4) is 11.6 Å². The van der Waals surface area contributed by atoms with Crippen LogP contribution in [0.3, 0.4) is 0 Å². The maximum Gasteiger partial charge on any atom is 0.392 e. The number of nitrogens with zero attached hydrogens (tertiary/aromatic N) is 2. The summed E-state index contributed by atoms with van der Waals surface area (Å²) in [6.45, 7) is 1.93. The van der Waals surface area contributed by atoms with Crippen LogP contribution in [0.5, 0.6) is 11.6 Å². The van der Waals surface area contributed by atoms with E-state index in [0.29, 0.717) is 12.4 Å². The van der Waals surface area contributed by atoms with Crippen molar-refractivity contribution >= 4 is 5.82 Å². The Labute approximate surface area is 102 Å². The molecule has 0 amide bonds. The molecule has 0 saturated heterocycles. The van der Waals surface area contributed by atoms with Crippen molar-refractivity contribution < 1.29 is 22.6 Å². The molecule has 0 unspecified atom stereocenters. The van der Waals surface area contributed by atoms with Crippen molar-refractivity contribution in [2.45, 2.75) is 19.5 Å². The molecule has 1 heterocycles. The van der Waals surface area contributed by atoms with Gasteiger partial charge in [0.15, 0.2) is 5.82 Å². The molecule has 1 aromatic rings. The van der Waals surface area contributed by atoms with Crippen molar-refractivity contribution in [3.05, 3.63) is 6.33 Å². The lowest BCUT2D eigenvalue weighted by Gasteiger charge is -2.13. The number of alkyl halides is 3. The highest BCUT2D eigenvalue weighted by Gasteiger charge is 2.27. The second-order valence-electron chi connectivity index (χ2n) is 3.30. The first kappa shape index (κ1) is 14.3. The monoisotopic (exact) mass is 265 g/mol. The molecule has 5 nitrogen and oxygen atoms in total. The average molecular weight is 265 g/mol. The number of rotatable bonds is 6. The van der Waals surface area contributed by atoms with E-state index in [0.717, 1.165) is 0 Å². The fourth-order valence-electron chi connectivity index (χ4n) is 1.20. The molecule has 0 aliphatic rings. The van der Waals surface area contributed by atoms with E-state index in [1.807, 2.05) is 6.92 Å². The fourth-order valence-corrected chi connectivity index (χ4v) is 1.20. The van der Waals surface area contributed by atoms with Crippen LogP contribution in [0.15, 0.2) is 6.33 Å². The molecule has 102 valence electrons. The van der Waals surface area contributed by atoms with Gasteiger partial charge in [0, 0.05) is 6.54 Å². The Morgan fingerprint density at radius 3 is 2.61 bits per heavy atom. The van der Waals surface area contributed by atoms with Crippen molar-refractivity contribution in [2.75, 3.05) is 25.6 Å². The molecular formula is C10H14F3N3O2. The molecule has 0 aliphatic heterocycles. The number of methoxy groups -OCH3 is 1. The highest BCUT2D eigenvalue weighted by atomic mass is 19.4. The number of aromatic nitrogens is 2. The van der Waals surface area contributed by atoms with Gasteiger partial charge in [-0.1, -0.05) is 0 Å². The lowest BCUT2D eigenvalue weighted by molar-refractivity contribution is -0.139. The summed E-state index contributed by atoms with van der Waals surface area (Å²) in [5.41, 5.74) is 0. The molecular weight excluding hydrogens is 251 g/mol. The van der Waals surface area contributed by atoms with E-state index in [4.69, 9.17) is 9.47 Å². The normalized spacial score (nSPS) is 11.2. The minimum absolute atomic E-state index is 0.00676. The Hall–Kier alpha value is -1.73. The zero-order valence-electron chi connectivity index (χ0n) is 10.0. The maximum absolute atomic E-state index is 12.0. The zero-order chi connectivity index (χ0) is 13.6. The standard InChI is InChI=1S/C10H14F3N3O2/c1-3-14-8-7(17-2)9(16-6-15-8)18-5-4-10(11,12)13/h6H,3-5H2,1-2H3,(H,14,15,16). The molecule has 0 fully saturated rings.